The predicted octanol–water partition coefficient (Wildman–Crippen LogP) is 3.37. The third-order valence-corrected chi connectivity index (χ3v) is 5.01. The first-order valence-corrected chi connectivity index (χ1v) is 8.25. The van der Waals surface area contributed by atoms with E-state index in [1.165, 1.54) is 19.3 Å². The number of hydrogen-bond acceptors (Lipinski definition) is 2. The van der Waals surface area contributed by atoms with E-state index in [0.717, 1.165) is 37.5 Å². The molecule has 2 heteroatoms. The lowest BCUT2D eigenvalue weighted by atomic mass is 9.92. The van der Waals surface area contributed by atoms with E-state index >= 15 is 0 Å². The standard InChI is InChI=1S/C18H27NO/c1-3-11-19-16(12-20-4-2)18-15-10-9-13-7-5-6-8-14(13)17(15)18/h5-8,15-19H,3-4,9-12H2,1-2H3. The van der Waals surface area contributed by atoms with Crippen LogP contribution >= 0.6 is 0 Å². The SMILES string of the molecule is CCCNC(COCC)C1C2CCc3ccccc3C21. The molecule has 0 saturated heterocycles. The monoisotopic (exact) mass is 273 g/mol. The molecular formula is C18H27NO. The van der Waals surface area contributed by atoms with Crippen molar-refractivity contribution in [2.45, 2.75) is 45.1 Å². The van der Waals surface area contributed by atoms with Gasteiger partial charge in [-0.3, -0.25) is 0 Å². The Labute approximate surface area is 122 Å². The van der Waals surface area contributed by atoms with Gasteiger partial charge in [0, 0.05) is 12.6 Å². The number of rotatable bonds is 7. The molecule has 2 nitrogen and oxygen atoms in total. The van der Waals surface area contributed by atoms with Gasteiger partial charge in [-0.05, 0) is 61.6 Å². The highest BCUT2D eigenvalue weighted by molar-refractivity contribution is 5.40. The Bertz CT molecular complexity index is 437. The minimum absolute atomic E-state index is 0.538. The molecule has 0 spiro atoms. The van der Waals surface area contributed by atoms with Crippen molar-refractivity contribution >= 4 is 0 Å². The summed E-state index contributed by atoms with van der Waals surface area (Å²) in [6.07, 6.45) is 3.83. The molecule has 0 aliphatic heterocycles. The topological polar surface area (TPSA) is 21.3 Å². The minimum Gasteiger partial charge on any atom is -0.380 e. The summed E-state index contributed by atoms with van der Waals surface area (Å²) < 4.78 is 5.73. The molecule has 2 aliphatic carbocycles. The van der Waals surface area contributed by atoms with Gasteiger partial charge in [-0.1, -0.05) is 31.2 Å². The number of fused-ring (bicyclic) bond motifs is 3. The van der Waals surface area contributed by atoms with Gasteiger partial charge < -0.3 is 10.1 Å². The fourth-order valence-corrected chi connectivity index (χ4v) is 4.05. The minimum atomic E-state index is 0.538. The van der Waals surface area contributed by atoms with E-state index in [9.17, 15) is 0 Å². The van der Waals surface area contributed by atoms with E-state index in [1.54, 1.807) is 11.1 Å². The maximum absolute atomic E-state index is 5.73. The summed E-state index contributed by atoms with van der Waals surface area (Å²) in [7, 11) is 0. The van der Waals surface area contributed by atoms with Crippen LogP contribution in [0.5, 0.6) is 0 Å². The first kappa shape index (κ1) is 14.1. The van der Waals surface area contributed by atoms with Gasteiger partial charge in [-0.25, -0.2) is 0 Å². The maximum atomic E-state index is 5.73. The summed E-state index contributed by atoms with van der Waals surface area (Å²) in [5.41, 5.74) is 3.20. The Morgan fingerprint density at radius 3 is 2.95 bits per heavy atom. The molecule has 0 heterocycles. The highest BCUT2D eigenvalue weighted by Gasteiger charge is 2.56. The van der Waals surface area contributed by atoms with E-state index in [-0.39, 0.29) is 0 Å². The summed E-state index contributed by atoms with van der Waals surface area (Å²) in [5.74, 6) is 2.46. The van der Waals surface area contributed by atoms with E-state index in [0.29, 0.717) is 6.04 Å². The van der Waals surface area contributed by atoms with Crippen LogP contribution in [0.25, 0.3) is 0 Å². The lowest BCUT2D eigenvalue weighted by Gasteiger charge is -2.19. The summed E-state index contributed by atoms with van der Waals surface area (Å²) in [5, 5.41) is 3.73. The van der Waals surface area contributed by atoms with E-state index in [1.807, 2.05) is 0 Å². The third kappa shape index (κ3) is 2.64. The zero-order chi connectivity index (χ0) is 13.9. The Morgan fingerprint density at radius 2 is 2.15 bits per heavy atom. The fraction of sp³-hybridized carbons (Fsp3) is 0.667. The van der Waals surface area contributed by atoms with E-state index in [4.69, 9.17) is 4.74 Å². The zero-order valence-corrected chi connectivity index (χ0v) is 12.8. The average Bonchev–Trinajstić information content (AvgIpc) is 3.22. The van der Waals surface area contributed by atoms with E-state index < -0.39 is 0 Å². The van der Waals surface area contributed by atoms with Crippen molar-refractivity contribution in [1.82, 2.24) is 5.32 Å². The number of nitrogens with one attached hydrogen (secondary N) is 1. The molecular weight excluding hydrogens is 246 g/mol. The normalized spacial score (nSPS) is 28.6. The van der Waals surface area contributed by atoms with E-state index in [2.05, 4.69) is 43.4 Å². The van der Waals surface area contributed by atoms with Crippen LogP contribution in [-0.4, -0.2) is 25.8 Å². The van der Waals surface area contributed by atoms with Crippen molar-refractivity contribution in [3.63, 3.8) is 0 Å². The van der Waals surface area contributed by atoms with Crippen LogP contribution in [0.15, 0.2) is 24.3 Å². The van der Waals surface area contributed by atoms with Crippen molar-refractivity contribution in [1.29, 1.82) is 0 Å². The molecule has 1 fully saturated rings. The van der Waals surface area contributed by atoms with Gasteiger partial charge in [0.25, 0.3) is 0 Å². The van der Waals surface area contributed by atoms with Crippen molar-refractivity contribution in [2.75, 3.05) is 19.8 Å². The lowest BCUT2D eigenvalue weighted by Crippen LogP contribution is -2.37. The van der Waals surface area contributed by atoms with Crippen LogP contribution in [0.4, 0.5) is 0 Å². The molecule has 20 heavy (non-hydrogen) atoms. The first-order valence-electron chi connectivity index (χ1n) is 8.25. The van der Waals surface area contributed by atoms with Crippen molar-refractivity contribution < 1.29 is 4.74 Å². The molecule has 0 amide bonds. The molecule has 1 aromatic carbocycles. The van der Waals surface area contributed by atoms with Crippen molar-refractivity contribution in [3.8, 4) is 0 Å². The van der Waals surface area contributed by atoms with Crippen LogP contribution in [0.1, 0.15) is 43.7 Å². The second-order valence-corrected chi connectivity index (χ2v) is 6.22. The first-order chi connectivity index (χ1) is 9.86. The smallest absolute Gasteiger partial charge is 0.0622 e. The van der Waals surface area contributed by atoms with Gasteiger partial charge >= 0.3 is 0 Å². The quantitative estimate of drug-likeness (QED) is 0.822. The summed E-state index contributed by atoms with van der Waals surface area (Å²) in [6, 6.07) is 9.59. The van der Waals surface area contributed by atoms with Gasteiger partial charge in [0.05, 0.1) is 6.61 Å². The summed E-state index contributed by atoms with van der Waals surface area (Å²) >= 11 is 0. The number of hydrogen-bond donors (Lipinski definition) is 1. The van der Waals surface area contributed by atoms with Crippen LogP contribution in [0.2, 0.25) is 0 Å². The van der Waals surface area contributed by atoms with Crippen molar-refractivity contribution in [3.05, 3.63) is 35.4 Å². The van der Waals surface area contributed by atoms with Crippen molar-refractivity contribution in [2.24, 2.45) is 11.8 Å². The molecule has 4 unspecified atom stereocenters. The molecule has 0 radical (unpaired) electrons. The molecule has 2 aliphatic rings. The van der Waals surface area contributed by atoms with Crippen LogP contribution in [0.3, 0.4) is 0 Å². The molecule has 0 aromatic heterocycles. The van der Waals surface area contributed by atoms with Gasteiger partial charge in [0.2, 0.25) is 0 Å². The Morgan fingerprint density at radius 1 is 1.30 bits per heavy atom. The Balaban J connectivity index is 1.71. The summed E-state index contributed by atoms with van der Waals surface area (Å²) in [6.45, 7) is 7.13. The molecule has 0 bridgehead atoms. The Hall–Kier alpha value is -0.860. The molecule has 1 saturated carbocycles. The molecule has 110 valence electrons. The largest absolute Gasteiger partial charge is 0.380 e. The Kier molecular flexibility index (Phi) is 4.42. The highest BCUT2D eigenvalue weighted by Crippen LogP contribution is 2.61. The number of aryl methyl sites for hydroxylation is 1. The molecule has 4 atom stereocenters. The van der Waals surface area contributed by atoms with Crippen LogP contribution in [-0.2, 0) is 11.2 Å². The molecule has 3 rings (SSSR count). The fourth-order valence-electron chi connectivity index (χ4n) is 4.05. The summed E-state index contributed by atoms with van der Waals surface area (Å²) in [4.78, 5) is 0. The lowest BCUT2D eigenvalue weighted by molar-refractivity contribution is 0.114. The predicted molar refractivity (Wildman–Crippen MR) is 83.1 cm³/mol. The maximum Gasteiger partial charge on any atom is 0.0622 e. The van der Waals surface area contributed by atoms with Crippen LogP contribution < -0.4 is 5.32 Å². The third-order valence-electron chi connectivity index (χ3n) is 5.01. The highest BCUT2D eigenvalue weighted by atomic mass is 16.5. The second kappa shape index (κ2) is 6.28. The number of benzene rings is 1. The van der Waals surface area contributed by atoms with Gasteiger partial charge in [0.15, 0.2) is 0 Å². The number of ether oxygens (including phenoxy) is 1. The average molecular weight is 273 g/mol. The van der Waals surface area contributed by atoms with Crippen LogP contribution in [0, 0.1) is 11.8 Å². The second-order valence-electron chi connectivity index (χ2n) is 6.22. The molecule has 1 N–H and O–H groups in total. The van der Waals surface area contributed by atoms with Gasteiger partial charge in [-0.2, -0.15) is 0 Å². The van der Waals surface area contributed by atoms with Gasteiger partial charge in [0.1, 0.15) is 0 Å². The van der Waals surface area contributed by atoms with Gasteiger partial charge in [-0.15, -0.1) is 0 Å². The molecule has 1 aromatic rings. The zero-order valence-electron chi connectivity index (χ0n) is 12.8.